The van der Waals surface area contributed by atoms with Crippen LogP contribution in [0.2, 0.25) is 0 Å². The van der Waals surface area contributed by atoms with Crippen LogP contribution in [0.25, 0.3) is 0 Å². The standard InChI is InChI=1S/C21H23N3O5/c1-3-29-18-10-8-17(9-11-18)24-13-16(12-19(24)25)23-21(27)22-15-6-4-14(5-7-15)20(26)28-2/h4-11,16H,3,12-13H2,1-2H3,(H2,22,23,27)/t16-/m1/s1. The average molecular weight is 397 g/mol. The van der Waals surface area contributed by atoms with Crippen LogP contribution in [0.5, 0.6) is 5.75 Å². The first-order valence-electron chi connectivity index (χ1n) is 9.29. The van der Waals surface area contributed by atoms with Crippen molar-refractivity contribution >= 4 is 29.3 Å². The molecule has 1 aliphatic heterocycles. The van der Waals surface area contributed by atoms with E-state index in [0.717, 1.165) is 11.4 Å². The Morgan fingerprint density at radius 3 is 2.41 bits per heavy atom. The summed E-state index contributed by atoms with van der Waals surface area (Å²) in [5.74, 6) is 0.247. The topological polar surface area (TPSA) is 97.0 Å². The number of carbonyl (C=O) groups excluding carboxylic acids is 3. The first-order chi connectivity index (χ1) is 14.0. The molecular weight excluding hydrogens is 374 g/mol. The van der Waals surface area contributed by atoms with Crippen LogP contribution >= 0.6 is 0 Å². The molecule has 0 saturated carbocycles. The highest BCUT2D eigenvalue weighted by atomic mass is 16.5. The highest BCUT2D eigenvalue weighted by molar-refractivity contribution is 5.98. The molecule has 8 heteroatoms. The molecule has 1 atom stereocenters. The van der Waals surface area contributed by atoms with Crippen LogP contribution in [0.15, 0.2) is 48.5 Å². The van der Waals surface area contributed by atoms with Crippen LogP contribution in [0.4, 0.5) is 16.2 Å². The Balaban J connectivity index is 1.55. The molecule has 1 aliphatic rings. The van der Waals surface area contributed by atoms with E-state index in [4.69, 9.17) is 4.74 Å². The first-order valence-corrected chi connectivity index (χ1v) is 9.29. The van der Waals surface area contributed by atoms with Gasteiger partial charge in [-0.1, -0.05) is 0 Å². The fourth-order valence-electron chi connectivity index (χ4n) is 3.10. The predicted molar refractivity (Wildman–Crippen MR) is 108 cm³/mol. The van der Waals surface area contributed by atoms with Gasteiger partial charge in [-0.3, -0.25) is 4.79 Å². The molecule has 29 heavy (non-hydrogen) atoms. The van der Waals surface area contributed by atoms with Gasteiger partial charge in [0.2, 0.25) is 5.91 Å². The average Bonchev–Trinajstić information content (AvgIpc) is 3.08. The molecule has 0 aromatic heterocycles. The van der Waals surface area contributed by atoms with Gasteiger partial charge in [0.05, 0.1) is 25.3 Å². The number of nitrogens with one attached hydrogen (secondary N) is 2. The van der Waals surface area contributed by atoms with E-state index < -0.39 is 12.0 Å². The number of carbonyl (C=O) groups is 3. The van der Waals surface area contributed by atoms with Crippen molar-refractivity contribution in [2.75, 3.05) is 30.5 Å². The number of hydrogen-bond donors (Lipinski definition) is 2. The van der Waals surface area contributed by atoms with Gasteiger partial charge >= 0.3 is 12.0 Å². The molecule has 1 saturated heterocycles. The summed E-state index contributed by atoms with van der Waals surface area (Å²) in [4.78, 5) is 37.7. The second kappa shape index (κ2) is 9.09. The number of amides is 3. The number of urea groups is 1. The number of ether oxygens (including phenoxy) is 2. The van der Waals surface area contributed by atoms with E-state index in [2.05, 4.69) is 15.4 Å². The van der Waals surface area contributed by atoms with Crippen molar-refractivity contribution in [3.8, 4) is 5.75 Å². The molecule has 1 heterocycles. The van der Waals surface area contributed by atoms with E-state index in [-0.39, 0.29) is 18.4 Å². The second-order valence-corrected chi connectivity index (χ2v) is 6.50. The van der Waals surface area contributed by atoms with Crippen LogP contribution < -0.4 is 20.3 Å². The van der Waals surface area contributed by atoms with Crippen molar-refractivity contribution in [3.05, 3.63) is 54.1 Å². The maximum absolute atomic E-state index is 12.3. The van der Waals surface area contributed by atoms with Gasteiger partial charge in [-0.15, -0.1) is 0 Å². The molecule has 2 aromatic rings. The van der Waals surface area contributed by atoms with Gasteiger partial charge in [0.1, 0.15) is 5.75 Å². The Morgan fingerprint density at radius 1 is 1.10 bits per heavy atom. The van der Waals surface area contributed by atoms with E-state index in [9.17, 15) is 14.4 Å². The van der Waals surface area contributed by atoms with E-state index in [1.54, 1.807) is 29.2 Å². The minimum absolute atomic E-state index is 0.0538. The highest BCUT2D eigenvalue weighted by Crippen LogP contribution is 2.24. The number of benzene rings is 2. The zero-order chi connectivity index (χ0) is 20.8. The fourth-order valence-corrected chi connectivity index (χ4v) is 3.10. The van der Waals surface area contributed by atoms with Gasteiger partial charge in [-0.25, -0.2) is 9.59 Å². The third kappa shape index (κ3) is 5.04. The molecule has 2 aromatic carbocycles. The Morgan fingerprint density at radius 2 is 1.79 bits per heavy atom. The third-order valence-corrected chi connectivity index (χ3v) is 4.48. The summed E-state index contributed by atoms with van der Waals surface area (Å²) in [6.45, 7) is 2.88. The monoisotopic (exact) mass is 397 g/mol. The Labute approximate surface area is 168 Å². The molecule has 3 amide bonds. The zero-order valence-corrected chi connectivity index (χ0v) is 16.3. The first kappa shape index (κ1) is 20.2. The molecule has 0 radical (unpaired) electrons. The molecule has 0 bridgehead atoms. The number of esters is 1. The summed E-state index contributed by atoms with van der Waals surface area (Å²) < 4.78 is 10.1. The summed E-state index contributed by atoms with van der Waals surface area (Å²) in [6, 6.07) is 12.9. The molecule has 1 fully saturated rings. The molecule has 0 aliphatic carbocycles. The van der Waals surface area contributed by atoms with Gasteiger partial charge in [0.15, 0.2) is 0 Å². The lowest BCUT2D eigenvalue weighted by Crippen LogP contribution is -2.39. The predicted octanol–water partition coefficient (Wildman–Crippen LogP) is 2.80. The van der Waals surface area contributed by atoms with Crippen molar-refractivity contribution in [2.24, 2.45) is 0 Å². The molecule has 3 rings (SSSR count). The minimum atomic E-state index is -0.445. The lowest BCUT2D eigenvalue weighted by molar-refractivity contribution is -0.117. The molecule has 0 unspecified atom stereocenters. The van der Waals surface area contributed by atoms with E-state index in [0.29, 0.717) is 24.4 Å². The molecule has 2 N–H and O–H groups in total. The number of hydrogen-bond acceptors (Lipinski definition) is 5. The Kier molecular flexibility index (Phi) is 6.33. The van der Waals surface area contributed by atoms with Gasteiger partial charge < -0.3 is 25.0 Å². The van der Waals surface area contributed by atoms with Crippen molar-refractivity contribution in [1.29, 1.82) is 0 Å². The minimum Gasteiger partial charge on any atom is -0.494 e. The van der Waals surface area contributed by atoms with E-state index in [1.807, 2.05) is 31.2 Å². The zero-order valence-electron chi connectivity index (χ0n) is 16.3. The largest absolute Gasteiger partial charge is 0.494 e. The highest BCUT2D eigenvalue weighted by Gasteiger charge is 2.31. The van der Waals surface area contributed by atoms with E-state index >= 15 is 0 Å². The molecule has 0 spiro atoms. The van der Waals surface area contributed by atoms with Crippen LogP contribution in [0, 0.1) is 0 Å². The number of nitrogens with zero attached hydrogens (tertiary/aromatic N) is 1. The van der Waals surface area contributed by atoms with Gasteiger partial charge in [-0.2, -0.15) is 0 Å². The van der Waals surface area contributed by atoms with Crippen LogP contribution in [0.3, 0.4) is 0 Å². The lowest BCUT2D eigenvalue weighted by Gasteiger charge is -2.18. The maximum atomic E-state index is 12.3. The van der Waals surface area contributed by atoms with Crippen molar-refractivity contribution in [2.45, 2.75) is 19.4 Å². The van der Waals surface area contributed by atoms with Gasteiger partial charge in [-0.05, 0) is 55.5 Å². The third-order valence-electron chi connectivity index (χ3n) is 4.48. The number of rotatable bonds is 6. The SMILES string of the molecule is CCOc1ccc(N2C[C@H](NC(=O)Nc3ccc(C(=O)OC)cc3)CC2=O)cc1. The van der Waals surface area contributed by atoms with Crippen molar-refractivity contribution in [1.82, 2.24) is 5.32 Å². The van der Waals surface area contributed by atoms with Crippen molar-refractivity contribution < 1.29 is 23.9 Å². The maximum Gasteiger partial charge on any atom is 0.337 e. The summed E-state index contributed by atoms with van der Waals surface area (Å²) in [5, 5.41) is 5.50. The summed E-state index contributed by atoms with van der Waals surface area (Å²) in [6.07, 6.45) is 0.224. The second-order valence-electron chi connectivity index (χ2n) is 6.50. The molecule has 8 nitrogen and oxygen atoms in total. The fraction of sp³-hybridized carbons (Fsp3) is 0.286. The smallest absolute Gasteiger partial charge is 0.337 e. The molecular formula is C21H23N3O5. The normalized spacial score (nSPS) is 15.7. The van der Waals surface area contributed by atoms with Crippen LogP contribution in [-0.4, -0.2) is 44.2 Å². The Hall–Kier alpha value is -3.55. The van der Waals surface area contributed by atoms with Crippen LogP contribution in [0.1, 0.15) is 23.7 Å². The quantitative estimate of drug-likeness (QED) is 0.731. The lowest BCUT2D eigenvalue weighted by atomic mass is 10.2. The van der Waals surface area contributed by atoms with Crippen LogP contribution in [-0.2, 0) is 9.53 Å². The van der Waals surface area contributed by atoms with E-state index in [1.165, 1.54) is 7.11 Å². The summed E-state index contributed by atoms with van der Waals surface area (Å²) >= 11 is 0. The summed E-state index contributed by atoms with van der Waals surface area (Å²) in [5.41, 5.74) is 1.69. The number of methoxy groups -OCH3 is 1. The summed E-state index contributed by atoms with van der Waals surface area (Å²) in [7, 11) is 1.31. The molecule has 152 valence electrons. The Bertz CT molecular complexity index is 880. The number of anilines is 2. The van der Waals surface area contributed by atoms with Gasteiger partial charge in [0.25, 0.3) is 0 Å². The van der Waals surface area contributed by atoms with Gasteiger partial charge in [0, 0.05) is 24.3 Å². The van der Waals surface area contributed by atoms with Crippen molar-refractivity contribution in [3.63, 3.8) is 0 Å².